The van der Waals surface area contributed by atoms with Crippen LogP contribution in [0.1, 0.15) is 36.9 Å². The molecule has 1 saturated carbocycles. The van der Waals surface area contributed by atoms with Crippen LogP contribution >= 0.6 is 23.8 Å². The quantitative estimate of drug-likeness (QED) is 0.766. The molecule has 0 aliphatic heterocycles. The van der Waals surface area contributed by atoms with Crippen LogP contribution in [0.4, 0.5) is 5.82 Å². The van der Waals surface area contributed by atoms with Gasteiger partial charge in [-0.15, -0.1) is 0 Å². The number of benzene rings is 1. The van der Waals surface area contributed by atoms with E-state index in [-0.39, 0.29) is 5.41 Å². The van der Waals surface area contributed by atoms with Gasteiger partial charge >= 0.3 is 0 Å². The first-order valence-corrected chi connectivity index (χ1v) is 9.11. The van der Waals surface area contributed by atoms with Crippen LogP contribution in [-0.2, 0) is 5.41 Å². The van der Waals surface area contributed by atoms with Gasteiger partial charge in [0.1, 0.15) is 5.82 Å². The minimum Gasteiger partial charge on any atom is -0.362 e. The molecule has 0 spiro atoms. The smallest absolute Gasteiger partial charge is 0.171 e. The van der Waals surface area contributed by atoms with E-state index in [2.05, 4.69) is 27.8 Å². The van der Waals surface area contributed by atoms with E-state index in [1.165, 1.54) is 18.4 Å². The van der Waals surface area contributed by atoms with Crippen molar-refractivity contribution in [1.82, 2.24) is 10.3 Å². The van der Waals surface area contributed by atoms with Crippen LogP contribution in [0.5, 0.6) is 0 Å². The third-order valence-electron chi connectivity index (χ3n) is 4.71. The van der Waals surface area contributed by atoms with Gasteiger partial charge in [0.25, 0.3) is 0 Å². The fraction of sp³-hybridized carbons (Fsp3) is 0.368. The number of halogens is 1. The van der Waals surface area contributed by atoms with Crippen LogP contribution in [0.3, 0.4) is 0 Å². The number of anilines is 1. The Kier molecular flexibility index (Phi) is 5.36. The van der Waals surface area contributed by atoms with Crippen LogP contribution in [0.15, 0.2) is 42.5 Å². The van der Waals surface area contributed by atoms with Crippen LogP contribution in [0, 0.1) is 6.92 Å². The lowest BCUT2D eigenvalue weighted by atomic mass is 9.79. The lowest BCUT2D eigenvalue weighted by molar-refractivity contribution is 0.435. The predicted molar refractivity (Wildman–Crippen MR) is 105 cm³/mol. The molecular weight excluding hydrogens is 338 g/mol. The largest absolute Gasteiger partial charge is 0.362 e. The molecule has 0 unspecified atom stereocenters. The van der Waals surface area contributed by atoms with Gasteiger partial charge in [0.05, 0.1) is 0 Å². The number of rotatable bonds is 4. The summed E-state index contributed by atoms with van der Waals surface area (Å²) in [5.74, 6) is 0.774. The summed E-state index contributed by atoms with van der Waals surface area (Å²) in [7, 11) is 0. The van der Waals surface area contributed by atoms with Crippen molar-refractivity contribution in [3.05, 3.63) is 58.7 Å². The highest BCUT2D eigenvalue weighted by molar-refractivity contribution is 7.80. The number of hydrogen-bond acceptors (Lipinski definition) is 2. The molecule has 24 heavy (non-hydrogen) atoms. The molecule has 5 heteroatoms. The Balaban J connectivity index is 1.67. The zero-order valence-corrected chi connectivity index (χ0v) is 15.4. The van der Waals surface area contributed by atoms with E-state index in [4.69, 9.17) is 23.8 Å². The predicted octanol–water partition coefficient (Wildman–Crippen LogP) is 4.84. The SMILES string of the molecule is Cc1cccc(NC(=S)NCC2(c3cccc(Cl)c3)CCCC2)n1. The Morgan fingerprint density at radius 1 is 1.21 bits per heavy atom. The second kappa shape index (κ2) is 7.49. The molecule has 0 bridgehead atoms. The molecule has 3 nitrogen and oxygen atoms in total. The summed E-state index contributed by atoms with van der Waals surface area (Å²) in [6.45, 7) is 2.78. The van der Waals surface area contributed by atoms with E-state index >= 15 is 0 Å². The van der Waals surface area contributed by atoms with Crippen molar-refractivity contribution in [2.24, 2.45) is 0 Å². The summed E-state index contributed by atoms with van der Waals surface area (Å²) in [6.07, 6.45) is 4.80. The van der Waals surface area contributed by atoms with Crippen molar-refractivity contribution in [3.63, 3.8) is 0 Å². The second-order valence-corrected chi connectivity index (χ2v) is 7.31. The molecule has 1 fully saturated rings. The Bertz CT molecular complexity index is 726. The van der Waals surface area contributed by atoms with Gasteiger partial charge in [-0.1, -0.05) is 42.6 Å². The molecule has 0 amide bonds. The van der Waals surface area contributed by atoms with E-state index in [1.807, 2.05) is 37.3 Å². The third-order valence-corrected chi connectivity index (χ3v) is 5.20. The number of aromatic nitrogens is 1. The maximum Gasteiger partial charge on any atom is 0.171 e. The highest BCUT2D eigenvalue weighted by Gasteiger charge is 2.35. The van der Waals surface area contributed by atoms with Gasteiger partial charge in [-0.05, 0) is 61.8 Å². The van der Waals surface area contributed by atoms with E-state index in [1.54, 1.807) is 0 Å². The fourth-order valence-electron chi connectivity index (χ4n) is 3.46. The van der Waals surface area contributed by atoms with Crippen LogP contribution in [-0.4, -0.2) is 16.6 Å². The van der Waals surface area contributed by atoms with E-state index in [9.17, 15) is 0 Å². The Labute approximate surface area is 153 Å². The molecule has 1 aromatic carbocycles. The Morgan fingerprint density at radius 2 is 1.96 bits per heavy atom. The first-order valence-electron chi connectivity index (χ1n) is 8.32. The Morgan fingerprint density at radius 3 is 2.67 bits per heavy atom. The van der Waals surface area contributed by atoms with Gasteiger partial charge in [-0.25, -0.2) is 4.98 Å². The maximum absolute atomic E-state index is 6.20. The van der Waals surface area contributed by atoms with Gasteiger partial charge in [0.15, 0.2) is 5.11 Å². The topological polar surface area (TPSA) is 37.0 Å². The molecule has 0 atom stereocenters. The van der Waals surface area contributed by atoms with E-state index in [0.29, 0.717) is 5.11 Å². The van der Waals surface area contributed by atoms with Gasteiger partial charge in [-0.2, -0.15) is 0 Å². The standard InChI is InChI=1S/C19H22ClN3S/c1-14-6-4-9-17(22-14)23-18(24)21-13-19(10-2-3-11-19)15-7-5-8-16(20)12-15/h4-9,12H,2-3,10-11,13H2,1H3,(H2,21,22,23,24). The molecule has 126 valence electrons. The zero-order valence-electron chi connectivity index (χ0n) is 13.8. The average Bonchev–Trinajstić information content (AvgIpc) is 3.03. The van der Waals surface area contributed by atoms with Crippen LogP contribution in [0.25, 0.3) is 0 Å². The summed E-state index contributed by atoms with van der Waals surface area (Å²) < 4.78 is 0. The van der Waals surface area contributed by atoms with Crippen molar-refractivity contribution < 1.29 is 0 Å². The van der Waals surface area contributed by atoms with Crippen molar-refractivity contribution in [2.45, 2.75) is 38.0 Å². The van der Waals surface area contributed by atoms with Gasteiger partial charge in [0, 0.05) is 22.7 Å². The number of thiocarbonyl (C=S) groups is 1. The molecule has 2 aromatic rings. The minimum absolute atomic E-state index is 0.108. The molecule has 1 heterocycles. The first kappa shape index (κ1) is 17.2. The summed E-state index contributed by atoms with van der Waals surface area (Å²) in [4.78, 5) is 4.42. The van der Waals surface area contributed by atoms with Crippen LogP contribution < -0.4 is 10.6 Å². The van der Waals surface area contributed by atoms with E-state index < -0.39 is 0 Å². The Hall–Kier alpha value is -1.65. The average molecular weight is 360 g/mol. The number of aryl methyl sites for hydroxylation is 1. The summed E-state index contributed by atoms with van der Waals surface area (Å²) >= 11 is 11.7. The maximum atomic E-state index is 6.20. The molecule has 0 radical (unpaired) electrons. The molecule has 1 aliphatic carbocycles. The highest BCUT2D eigenvalue weighted by atomic mass is 35.5. The lowest BCUT2D eigenvalue weighted by Crippen LogP contribution is -2.40. The summed E-state index contributed by atoms with van der Waals surface area (Å²) in [5, 5.41) is 7.97. The normalized spacial score (nSPS) is 15.9. The number of hydrogen-bond donors (Lipinski definition) is 2. The molecule has 2 N–H and O–H groups in total. The van der Waals surface area contributed by atoms with Gasteiger partial charge in [-0.3, -0.25) is 0 Å². The van der Waals surface area contributed by atoms with Crippen molar-refractivity contribution in [3.8, 4) is 0 Å². The highest BCUT2D eigenvalue weighted by Crippen LogP contribution is 2.41. The monoisotopic (exact) mass is 359 g/mol. The third kappa shape index (κ3) is 4.05. The van der Waals surface area contributed by atoms with Crippen molar-refractivity contribution >= 4 is 34.7 Å². The van der Waals surface area contributed by atoms with Gasteiger partial charge < -0.3 is 10.6 Å². The van der Waals surface area contributed by atoms with Crippen molar-refractivity contribution in [1.29, 1.82) is 0 Å². The van der Waals surface area contributed by atoms with Crippen molar-refractivity contribution in [2.75, 3.05) is 11.9 Å². The lowest BCUT2D eigenvalue weighted by Gasteiger charge is -2.30. The first-order chi connectivity index (χ1) is 11.6. The zero-order chi connectivity index (χ0) is 17.0. The number of nitrogens with one attached hydrogen (secondary N) is 2. The second-order valence-electron chi connectivity index (χ2n) is 6.47. The molecular formula is C19H22ClN3S. The summed E-state index contributed by atoms with van der Waals surface area (Å²) in [5.41, 5.74) is 2.38. The summed E-state index contributed by atoms with van der Waals surface area (Å²) in [6, 6.07) is 14.1. The van der Waals surface area contributed by atoms with E-state index in [0.717, 1.165) is 35.9 Å². The molecule has 1 aromatic heterocycles. The number of pyridine rings is 1. The molecule has 0 saturated heterocycles. The van der Waals surface area contributed by atoms with Gasteiger partial charge in [0.2, 0.25) is 0 Å². The fourth-order valence-corrected chi connectivity index (χ4v) is 3.83. The van der Waals surface area contributed by atoms with Crippen LogP contribution in [0.2, 0.25) is 5.02 Å². The molecule has 1 aliphatic rings. The number of nitrogens with zero attached hydrogens (tertiary/aromatic N) is 1. The minimum atomic E-state index is 0.108. The molecule has 3 rings (SSSR count).